The first-order valence-corrected chi connectivity index (χ1v) is 5.17. The Morgan fingerprint density at radius 2 is 2.25 bits per heavy atom. The lowest BCUT2D eigenvalue weighted by Gasteiger charge is -1.98. The average Bonchev–Trinajstić information content (AvgIpc) is 2.71. The summed E-state index contributed by atoms with van der Waals surface area (Å²) in [6, 6.07) is 4.56. The predicted octanol–water partition coefficient (Wildman–Crippen LogP) is 2.15. The van der Waals surface area contributed by atoms with Crippen molar-refractivity contribution in [3.63, 3.8) is 0 Å². The molecule has 5 heteroatoms. The van der Waals surface area contributed by atoms with Crippen LogP contribution in [0.15, 0.2) is 18.2 Å². The van der Waals surface area contributed by atoms with Crippen LogP contribution in [0, 0.1) is 5.82 Å². The molecule has 1 heterocycles. The minimum atomic E-state index is -0.445. The van der Waals surface area contributed by atoms with Crippen LogP contribution in [0.1, 0.15) is 19.2 Å². The van der Waals surface area contributed by atoms with Crippen LogP contribution in [0.3, 0.4) is 0 Å². The van der Waals surface area contributed by atoms with E-state index in [0.29, 0.717) is 11.4 Å². The standard InChI is InChI=1S/C11H13FN4/c1-2-3-10-14-11(16-15-10)7-4-5-9(13)8(12)6-7/h4-6H,2-3,13H2,1H3,(H,14,15,16). The van der Waals surface area contributed by atoms with E-state index in [-0.39, 0.29) is 5.69 Å². The second-order valence-electron chi connectivity index (χ2n) is 3.59. The lowest BCUT2D eigenvalue weighted by Crippen LogP contribution is -1.91. The van der Waals surface area contributed by atoms with E-state index < -0.39 is 5.82 Å². The monoisotopic (exact) mass is 220 g/mol. The highest BCUT2D eigenvalue weighted by molar-refractivity contribution is 5.58. The van der Waals surface area contributed by atoms with E-state index in [0.717, 1.165) is 18.7 Å². The number of aromatic nitrogens is 3. The molecule has 1 aromatic carbocycles. The van der Waals surface area contributed by atoms with Crippen LogP contribution in [0.4, 0.5) is 10.1 Å². The Hall–Kier alpha value is -1.91. The van der Waals surface area contributed by atoms with Gasteiger partial charge < -0.3 is 5.73 Å². The average molecular weight is 220 g/mol. The van der Waals surface area contributed by atoms with Crippen LogP contribution in [0.25, 0.3) is 11.4 Å². The molecule has 1 aromatic heterocycles. The van der Waals surface area contributed by atoms with E-state index >= 15 is 0 Å². The van der Waals surface area contributed by atoms with E-state index in [1.807, 2.05) is 0 Å². The van der Waals surface area contributed by atoms with Crippen LogP contribution in [-0.2, 0) is 6.42 Å². The molecule has 16 heavy (non-hydrogen) atoms. The smallest absolute Gasteiger partial charge is 0.181 e. The Kier molecular flexibility index (Phi) is 2.85. The normalized spacial score (nSPS) is 10.6. The zero-order valence-electron chi connectivity index (χ0n) is 9.00. The number of anilines is 1. The number of nitrogens with two attached hydrogens (primary N) is 1. The number of hydrogen-bond donors (Lipinski definition) is 2. The van der Waals surface area contributed by atoms with Gasteiger partial charge in [-0.3, -0.25) is 5.10 Å². The van der Waals surface area contributed by atoms with Crippen molar-refractivity contribution in [2.24, 2.45) is 0 Å². The Balaban J connectivity index is 2.31. The summed E-state index contributed by atoms with van der Waals surface area (Å²) in [5, 5.41) is 6.86. The maximum atomic E-state index is 13.2. The van der Waals surface area contributed by atoms with Crippen molar-refractivity contribution < 1.29 is 4.39 Å². The van der Waals surface area contributed by atoms with Crippen LogP contribution in [-0.4, -0.2) is 15.2 Å². The van der Waals surface area contributed by atoms with Gasteiger partial charge in [0.15, 0.2) is 5.82 Å². The lowest BCUT2D eigenvalue weighted by molar-refractivity contribution is 0.633. The second-order valence-corrected chi connectivity index (χ2v) is 3.59. The molecule has 0 fully saturated rings. The zero-order valence-corrected chi connectivity index (χ0v) is 9.00. The van der Waals surface area contributed by atoms with Crippen LogP contribution < -0.4 is 5.73 Å². The molecule has 0 aliphatic rings. The van der Waals surface area contributed by atoms with Crippen molar-refractivity contribution in [1.82, 2.24) is 15.2 Å². The fourth-order valence-electron chi connectivity index (χ4n) is 1.44. The number of aryl methyl sites for hydroxylation is 1. The summed E-state index contributed by atoms with van der Waals surface area (Å²) in [6.07, 6.45) is 1.83. The highest BCUT2D eigenvalue weighted by Crippen LogP contribution is 2.19. The molecule has 3 N–H and O–H groups in total. The summed E-state index contributed by atoms with van der Waals surface area (Å²) >= 11 is 0. The van der Waals surface area contributed by atoms with Crippen LogP contribution in [0.2, 0.25) is 0 Å². The molecule has 4 nitrogen and oxygen atoms in total. The first kappa shape index (κ1) is 10.6. The molecule has 0 bridgehead atoms. The molecule has 0 aliphatic heterocycles. The number of hydrogen-bond acceptors (Lipinski definition) is 3. The number of rotatable bonds is 3. The number of halogens is 1. The second kappa shape index (κ2) is 4.30. The fraction of sp³-hybridized carbons (Fsp3) is 0.273. The Bertz CT molecular complexity index is 492. The van der Waals surface area contributed by atoms with E-state index in [4.69, 9.17) is 5.73 Å². The molecular weight excluding hydrogens is 207 g/mol. The topological polar surface area (TPSA) is 67.6 Å². The molecule has 84 valence electrons. The maximum absolute atomic E-state index is 13.2. The number of nitrogens with one attached hydrogen (secondary N) is 1. The molecule has 2 aromatic rings. The van der Waals surface area contributed by atoms with Gasteiger partial charge in [0.05, 0.1) is 5.69 Å². The Morgan fingerprint density at radius 3 is 2.94 bits per heavy atom. The van der Waals surface area contributed by atoms with Gasteiger partial charge in [0.25, 0.3) is 0 Å². The quantitative estimate of drug-likeness (QED) is 0.779. The maximum Gasteiger partial charge on any atom is 0.181 e. The van der Waals surface area contributed by atoms with Crippen molar-refractivity contribution in [2.75, 3.05) is 5.73 Å². The van der Waals surface area contributed by atoms with Gasteiger partial charge in [-0.05, 0) is 24.6 Å². The summed E-state index contributed by atoms with van der Waals surface area (Å²) in [6.45, 7) is 2.06. The Morgan fingerprint density at radius 1 is 1.44 bits per heavy atom. The first-order chi connectivity index (χ1) is 7.70. The SMILES string of the molecule is CCCc1nc(-c2ccc(N)c(F)c2)n[nH]1. The van der Waals surface area contributed by atoms with E-state index in [1.165, 1.54) is 12.1 Å². The highest BCUT2D eigenvalue weighted by atomic mass is 19.1. The van der Waals surface area contributed by atoms with Gasteiger partial charge in [-0.2, -0.15) is 5.10 Å². The third kappa shape index (κ3) is 2.03. The molecule has 0 amide bonds. The van der Waals surface area contributed by atoms with E-state index in [2.05, 4.69) is 22.1 Å². The number of H-pyrrole nitrogens is 1. The van der Waals surface area contributed by atoms with Crippen molar-refractivity contribution >= 4 is 5.69 Å². The lowest BCUT2D eigenvalue weighted by atomic mass is 10.2. The van der Waals surface area contributed by atoms with Crippen molar-refractivity contribution in [3.8, 4) is 11.4 Å². The van der Waals surface area contributed by atoms with Crippen molar-refractivity contribution in [3.05, 3.63) is 29.8 Å². The molecule has 0 spiro atoms. The third-order valence-corrected chi connectivity index (χ3v) is 2.28. The van der Waals surface area contributed by atoms with E-state index in [9.17, 15) is 4.39 Å². The predicted molar refractivity (Wildman–Crippen MR) is 60.2 cm³/mol. The van der Waals surface area contributed by atoms with Gasteiger partial charge in [-0.1, -0.05) is 6.92 Å². The summed E-state index contributed by atoms with van der Waals surface area (Å²) in [5.41, 5.74) is 6.16. The van der Waals surface area contributed by atoms with Crippen molar-refractivity contribution in [1.29, 1.82) is 0 Å². The Labute approximate surface area is 92.7 Å². The third-order valence-electron chi connectivity index (χ3n) is 2.28. The molecule has 0 saturated heterocycles. The molecule has 2 rings (SSSR count). The van der Waals surface area contributed by atoms with Gasteiger partial charge in [0.2, 0.25) is 0 Å². The molecule has 0 atom stereocenters. The number of benzene rings is 1. The van der Waals surface area contributed by atoms with Gasteiger partial charge in [-0.15, -0.1) is 0 Å². The summed E-state index contributed by atoms with van der Waals surface area (Å²) in [5.74, 6) is 0.872. The summed E-state index contributed by atoms with van der Waals surface area (Å²) in [7, 11) is 0. The fourth-order valence-corrected chi connectivity index (χ4v) is 1.44. The number of nitrogen functional groups attached to an aromatic ring is 1. The minimum absolute atomic E-state index is 0.132. The van der Waals surface area contributed by atoms with Gasteiger partial charge >= 0.3 is 0 Å². The zero-order chi connectivity index (χ0) is 11.5. The minimum Gasteiger partial charge on any atom is -0.396 e. The number of nitrogens with zero attached hydrogens (tertiary/aromatic N) is 2. The van der Waals surface area contributed by atoms with Crippen LogP contribution >= 0.6 is 0 Å². The largest absolute Gasteiger partial charge is 0.396 e. The number of aromatic amines is 1. The van der Waals surface area contributed by atoms with Crippen molar-refractivity contribution in [2.45, 2.75) is 19.8 Å². The molecule has 0 unspecified atom stereocenters. The molecule has 0 aliphatic carbocycles. The van der Waals surface area contributed by atoms with Gasteiger partial charge in [0.1, 0.15) is 11.6 Å². The van der Waals surface area contributed by atoms with Crippen LogP contribution in [0.5, 0.6) is 0 Å². The van der Waals surface area contributed by atoms with Gasteiger partial charge in [0, 0.05) is 12.0 Å². The summed E-state index contributed by atoms with van der Waals surface area (Å²) < 4.78 is 13.2. The van der Waals surface area contributed by atoms with E-state index in [1.54, 1.807) is 6.07 Å². The summed E-state index contributed by atoms with van der Waals surface area (Å²) in [4.78, 5) is 4.27. The van der Waals surface area contributed by atoms with Gasteiger partial charge in [-0.25, -0.2) is 9.37 Å². The molecular formula is C11H13FN4. The highest BCUT2D eigenvalue weighted by Gasteiger charge is 2.07. The molecule has 0 saturated carbocycles. The first-order valence-electron chi connectivity index (χ1n) is 5.17. The molecule has 0 radical (unpaired) electrons.